The Balaban J connectivity index is 1.78. The van der Waals surface area contributed by atoms with Crippen molar-refractivity contribution in [3.8, 4) is 0 Å². The maximum absolute atomic E-state index is 11.0. The van der Waals surface area contributed by atoms with E-state index in [4.69, 9.17) is 14.3 Å². The van der Waals surface area contributed by atoms with Crippen LogP contribution in [0.25, 0.3) is 11.1 Å². The Labute approximate surface area is 122 Å². The molecule has 0 amide bonds. The van der Waals surface area contributed by atoms with Crippen LogP contribution in [-0.4, -0.2) is 42.9 Å². The molecule has 2 aromatic rings. The molecule has 0 bridgehead atoms. The van der Waals surface area contributed by atoms with Gasteiger partial charge in [-0.1, -0.05) is 0 Å². The first-order valence-corrected chi connectivity index (χ1v) is 7.06. The van der Waals surface area contributed by atoms with Gasteiger partial charge in [0.2, 0.25) is 0 Å². The van der Waals surface area contributed by atoms with E-state index < -0.39 is 5.97 Å². The van der Waals surface area contributed by atoms with Gasteiger partial charge in [-0.05, 0) is 37.0 Å². The van der Waals surface area contributed by atoms with Gasteiger partial charge in [0.1, 0.15) is 5.52 Å². The first-order chi connectivity index (χ1) is 10.1. The number of hydrogen-bond acceptors (Lipinski definition) is 5. The number of ether oxygens (including phenoxy) is 1. The molecule has 6 nitrogen and oxygen atoms in total. The zero-order chi connectivity index (χ0) is 14.8. The Morgan fingerprint density at radius 3 is 2.90 bits per heavy atom. The number of anilines is 1. The van der Waals surface area contributed by atoms with E-state index in [9.17, 15) is 4.79 Å². The minimum atomic E-state index is -0.967. The molecule has 0 unspecified atom stereocenters. The van der Waals surface area contributed by atoms with Crippen LogP contribution in [0, 0.1) is 5.92 Å². The minimum Gasteiger partial charge on any atom is -0.478 e. The van der Waals surface area contributed by atoms with E-state index >= 15 is 0 Å². The van der Waals surface area contributed by atoms with E-state index in [0.29, 0.717) is 23.0 Å². The van der Waals surface area contributed by atoms with Crippen LogP contribution in [-0.2, 0) is 4.74 Å². The number of carbonyl (C=O) groups is 1. The highest BCUT2D eigenvalue weighted by atomic mass is 16.5. The third-order valence-electron chi connectivity index (χ3n) is 3.82. The molecule has 1 aliphatic rings. The predicted octanol–water partition coefficient (Wildman–Crippen LogP) is 2.39. The fourth-order valence-electron chi connectivity index (χ4n) is 2.60. The molecule has 112 valence electrons. The van der Waals surface area contributed by atoms with E-state index in [-0.39, 0.29) is 5.56 Å². The standard InChI is InChI=1S/C15H18N2O4/c1-17(9-10-4-6-20-7-5-10)15-16-12-3-2-11(14(18)19)8-13(12)21-15/h2-3,8,10H,4-7,9H2,1H3,(H,18,19). The van der Waals surface area contributed by atoms with Crippen molar-refractivity contribution in [2.75, 3.05) is 31.7 Å². The summed E-state index contributed by atoms with van der Waals surface area (Å²) in [5.74, 6) is -0.390. The third-order valence-corrected chi connectivity index (χ3v) is 3.82. The Bertz CT molecular complexity index is 646. The second kappa shape index (κ2) is 5.73. The molecule has 1 fully saturated rings. The molecule has 1 aromatic heterocycles. The lowest BCUT2D eigenvalue weighted by molar-refractivity contribution is 0.0682. The highest BCUT2D eigenvalue weighted by Crippen LogP contribution is 2.24. The maximum Gasteiger partial charge on any atom is 0.335 e. The fourth-order valence-corrected chi connectivity index (χ4v) is 2.60. The second-order valence-corrected chi connectivity index (χ2v) is 5.42. The number of hydrogen-bond donors (Lipinski definition) is 1. The molecule has 0 radical (unpaired) electrons. The van der Waals surface area contributed by atoms with Crippen LogP contribution >= 0.6 is 0 Å². The first kappa shape index (κ1) is 13.9. The summed E-state index contributed by atoms with van der Waals surface area (Å²) < 4.78 is 11.0. The van der Waals surface area contributed by atoms with Crippen molar-refractivity contribution in [2.45, 2.75) is 12.8 Å². The number of benzene rings is 1. The molecule has 2 heterocycles. The average Bonchev–Trinajstić information content (AvgIpc) is 2.91. The molecule has 0 aliphatic carbocycles. The summed E-state index contributed by atoms with van der Waals surface area (Å²) in [5.41, 5.74) is 1.38. The Morgan fingerprint density at radius 1 is 1.43 bits per heavy atom. The number of rotatable bonds is 4. The summed E-state index contributed by atoms with van der Waals surface area (Å²) in [6.45, 7) is 2.49. The monoisotopic (exact) mass is 290 g/mol. The van der Waals surface area contributed by atoms with Crippen molar-refractivity contribution in [1.82, 2.24) is 4.98 Å². The highest BCUT2D eigenvalue weighted by molar-refractivity contribution is 5.92. The largest absolute Gasteiger partial charge is 0.478 e. The Morgan fingerprint density at radius 2 is 2.19 bits per heavy atom. The lowest BCUT2D eigenvalue weighted by Gasteiger charge is -2.26. The van der Waals surface area contributed by atoms with Gasteiger partial charge < -0.3 is 19.2 Å². The van der Waals surface area contributed by atoms with E-state index in [1.807, 2.05) is 11.9 Å². The summed E-state index contributed by atoms with van der Waals surface area (Å²) in [4.78, 5) is 17.4. The number of nitrogens with zero attached hydrogens (tertiary/aromatic N) is 2. The lowest BCUT2D eigenvalue weighted by atomic mass is 10.0. The van der Waals surface area contributed by atoms with Crippen LogP contribution in [0.5, 0.6) is 0 Å². The van der Waals surface area contributed by atoms with Crippen LogP contribution in [0.15, 0.2) is 22.6 Å². The number of aromatic nitrogens is 1. The van der Waals surface area contributed by atoms with Crippen molar-refractivity contribution in [3.63, 3.8) is 0 Å². The van der Waals surface area contributed by atoms with Gasteiger partial charge in [0.25, 0.3) is 6.01 Å². The molecule has 0 atom stereocenters. The molecule has 1 saturated heterocycles. The zero-order valence-electron chi connectivity index (χ0n) is 11.9. The number of oxazole rings is 1. The number of carboxylic acid groups (broad SMARTS) is 1. The van der Waals surface area contributed by atoms with Crippen molar-refractivity contribution < 1.29 is 19.1 Å². The van der Waals surface area contributed by atoms with Gasteiger partial charge in [0.15, 0.2) is 5.58 Å². The lowest BCUT2D eigenvalue weighted by Crippen LogP contribution is -2.29. The van der Waals surface area contributed by atoms with Gasteiger partial charge in [0.05, 0.1) is 5.56 Å². The van der Waals surface area contributed by atoms with E-state index in [2.05, 4.69) is 4.98 Å². The second-order valence-electron chi connectivity index (χ2n) is 5.42. The molecular weight excluding hydrogens is 272 g/mol. The van der Waals surface area contributed by atoms with Crippen LogP contribution < -0.4 is 4.90 Å². The van der Waals surface area contributed by atoms with Crippen molar-refractivity contribution in [1.29, 1.82) is 0 Å². The fraction of sp³-hybridized carbons (Fsp3) is 0.467. The molecule has 1 aliphatic heterocycles. The summed E-state index contributed by atoms with van der Waals surface area (Å²) in [5, 5.41) is 8.99. The molecule has 1 aromatic carbocycles. The molecule has 3 rings (SSSR count). The maximum atomic E-state index is 11.0. The van der Waals surface area contributed by atoms with Crippen LogP contribution in [0.3, 0.4) is 0 Å². The summed E-state index contributed by atoms with van der Waals surface area (Å²) in [6, 6.07) is 5.25. The predicted molar refractivity (Wildman–Crippen MR) is 77.8 cm³/mol. The average molecular weight is 290 g/mol. The van der Waals surface area contributed by atoms with Gasteiger partial charge in [-0.15, -0.1) is 0 Å². The van der Waals surface area contributed by atoms with Crippen LogP contribution in [0.1, 0.15) is 23.2 Å². The van der Waals surface area contributed by atoms with E-state index in [1.54, 1.807) is 6.07 Å². The minimum absolute atomic E-state index is 0.206. The Kier molecular flexibility index (Phi) is 3.79. The van der Waals surface area contributed by atoms with Gasteiger partial charge in [0, 0.05) is 26.8 Å². The third kappa shape index (κ3) is 3.00. The Hall–Kier alpha value is -2.08. The molecule has 6 heteroatoms. The first-order valence-electron chi connectivity index (χ1n) is 7.06. The van der Waals surface area contributed by atoms with Crippen LogP contribution in [0.2, 0.25) is 0 Å². The zero-order valence-corrected chi connectivity index (χ0v) is 11.9. The van der Waals surface area contributed by atoms with E-state index in [0.717, 1.165) is 32.6 Å². The quantitative estimate of drug-likeness (QED) is 0.931. The summed E-state index contributed by atoms with van der Waals surface area (Å²) >= 11 is 0. The van der Waals surface area contributed by atoms with Gasteiger partial charge in [-0.3, -0.25) is 0 Å². The highest BCUT2D eigenvalue weighted by Gasteiger charge is 2.19. The van der Waals surface area contributed by atoms with Crippen molar-refractivity contribution in [3.05, 3.63) is 23.8 Å². The topological polar surface area (TPSA) is 75.8 Å². The molecule has 0 saturated carbocycles. The molecular formula is C15H18N2O4. The number of aromatic carboxylic acids is 1. The number of fused-ring (bicyclic) bond motifs is 1. The van der Waals surface area contributed by atoms with Crippen LogP contribution in [0.4, 0.5) is 6.01 Å². The van der Waals surface area contributed by atoms with Gasteiger partial charge >= 0.3 is 5.97 Å². The van der Waals surface area contributed by atoms with E-state index in [1.165, 1.54) is 12.1 Å². The normalized spacial score (nSPS) is 16.2. The molecule has 21 heavy (non-hydrogen) atoms. The molecule has 0 spiro atoms. The smallest absolute Gasteiger partial charge is 0.335 e. The number of carboxylic acids is 1. The van der Waals surface area contributed by atoms with Gasteiger partial charge in [-0.2, -0.15) is 4.98 Å². The summed E-state index contributed by atoms with van der Waals surface area (Å²) in [6.07, 6.45) is 2.10. The SMILES string of the molecule is CN(CC1CCOCC1)c1nc2ccc(C(=O)O)cc2o1. The molecule has 1 N–H and O–H groups in total. The summed E-state index contributed by atoms with van der Waals surface area (Å²) in [7, 11) is 1.94. The van der Waals surface area contributed by atoms with Gasteiger partial charge in [-0.25, -0.2) is 4.79 Å². The van der Waals surface area contributed by atoms with Crippen molar-refractivity contribution >= 4 is 23.1 Å². The van der Waals surface area contributed by atoms with Crippen molar-refractivity contribution in [2.24, 2.45) is 5.92 Å².